The molecule has 1 saturated heterocycles. The van der Waals surface area contributed by atoms with Gasteiger partial charge in [-0.15, -0.1) is 24.0 Å². The normalized spacial score (nSPS) is 20.2. The van der Waals surface area contributed by atoms with E-state index in [4.69, 9.17) is 0 Å². The third-order valence-electron chi connectivity index (χ3n) is 5.09. The first kappa shape index (κ1) is 23.6. The lowest BCUT2D eigenvalue weighted by atomic mass is 9.93. The van der Waals surface area contributed by atoms with Gasteiger partial charge in [0.2, 0.25) is 10.0 Å². The Morgan fingerprint density at radius 3 is 2.69 bits per heavy atom. The maximum atomic E-state index is 12.3. The summed E-state index contributed by atoms with van der Waals surface area (Å²) in [6, 6.07) is 8.72. The number of sulfonamides is 1. The Morgan fingerprint density at radius 2 is 2.03 bits per heavy atom. The van der Waals surface area contributed by atoms with E-state index in [1.807, 2.05) is 12.5 Å². The van der Waals surface area contributed by atoms with E-state index >= 15 is 0 Å². The summed E-state index contributed by atoms with van der Waals surface area (Å²) in [7, 11) is -1.74. The van der Waals surface area contributed by atoms with Crippen LogP contribution >= 0.6 is 24.0 Å². The van der Waals surface area contributed by atoms with Crippen molar-refractivity contribution in [2.24, 2.45) is 10.9 Å². The van der Waals surface area contributed by atoms with Gasteiger partial charge in [-0.05, 0) is 24.5 Å². The summed E-state index contributed by atoms with van der Waals surface area (Å²) >= 11 is 0. The molecule has 1 aliphatic heterocycles. The minimum absolute atomic E-state index is 0. The quantitative estimate of drug-likeness (QED) is 0.257. The fourth-order valence-electron chi connectivity index (χ4n) is 3.47. The molecular weight excluding hydrogens is 503 g/mol. The molecule has 0 saturated carbocycles. The van der Waals surface area contributed by atoms with Crippen LogP contribution in [0.2, 0.25) is 0 Å². The fourth-order valence-corrected chi connectivity index (χ4v) is 4.52. The number of halogens is 1. The van der Waals surface area contributed by atoms with Crippen LogP contribution in [-0.2, 0) is 10.0 Å². The van der Waals surface area contributed by atoms with E-state index in [0.29, 0.717) is 18.5 Å². The number of nitrogens with one attached hydrogen (secondary N) is 2. The summed E-state index contributed by atoms with van der Waals surface area (Å²) < 4.78 is 29.3. The molecule has 2 unspecified atom stereocenters. The summed E-state index contributed by atoms with van der Waals surface area (Å²) in [4.78, 5) is 11.0. The largest absolute Gasteiger partial charge is 0.355 e. The third-order valence-corrected chi connectivity index (χ3v) is 6.57. The van der Waals surface area contributed by atoms with Crippen LogP contribution in [0.15, 0.2) is 58.9 Å². The molecule has 0 amide bonds. The maximum absolute atomic E-state index is 12.3. The number of likely N-dealkylation sites (tertiary alicyclic amines) is 1. The van der Waals surface area contributed by atoms with Crippen LogP contribution in [0, 0.1) is 5.92 Å². The van der Waals surface area contributed by atoms with Gasteiger partial charge in [0, 0.05) is 45.6 Å². The minimum atomic E-state index is -3.49. The van der Waals surface area contributed by atoms with Gasteiger partial charge in [-0.2, -0.15) is 0 Å². The van der Waals surface area contributed by atoms with Gasteiger partial charge in [-0.1, -0.05) is 25.1 Å². The van der Waals surface area contributed by atoms with Crippen LogP contribution in [0.3, 0.4) is 0 Å². The molecule has 2 N–H and O–H groups in total. The van der Waals surface area contributed by atoms with E-state index in [0.717, 1.165) is 25.5 Å². The molecule has 2 heterocycles. The number of hydrogen-bond donors (Lipinski definition) is 2. The average molecular weight is 532 g/mol. The van der Waals surface area contributed by atoms with E-state index in [-0.39, 0.29) is 35.4 Å². The summed E-state index contributed by atoms with van der Waals surface area (Å²) in [5, 5.41) is 3.27. The van der Waals surface area contributed by atoms with Crippen molar-refractivity contribution in [3.8, 4) is 0 Å². The van der Waals surface area contributed by atoms with Crippen LogP contribution in [-0.4, -0.2) is 62.1 Å². The highest BCUT2D eigenvalue weighted by molar-refractivity contribution is 14.0. The van der Waals surface area contributed by atoms with Crippen molar-refractivity contribution in [1.82, 2.24) is 24.5 Å². The van der Waals surface area contributed by atoms with E-state index < -0.39 is 10.0 Å². The molecule has 1 aromatic carbocycles. The predicted octanol–water partition coefficient (Wildman–Crippen LogP) is 1.94. The zero-order chi connectivity index (χ0) is 20.0. The van der Waals surface area contributed by atoms with Gasteiger partial charge in [0.15, 0.2) is 5.96 Å². The van der Waals surface area contributed by atoms with E-state index in [9.17, 15) is 8.42 Å². The molecule has 0 bridgehead atoms. The lowest BCUT2D eigenvalue weighted by molar-refractivity contribution is 0.189. The Labute approximate surface area is 189 Å². The monoisotopic (exact) mass is 532 g/mol. The van der Waals surface area contributed by atoms with Crippen molar-refractivity contribution >= 4 is 40.0 Å². The van der Waals surface area contributed by atoms with Crippen molar-refractivity contribution in [1.29, 1.82) is 0 Å². The number of nitrogens with zero attached hydrogens (tertiary/aromatic N) is 4. The first-order chi connectivity index (χ1) is 13.5. The number of hydrogen-bond acceptors (Lipinski definition) is 4. The second-order valence-electron chi connectivity index (χ2n) is 6.97. The molecule has 0 aliphatic carbocycles. The molecule has 1 aliphatic rings. The van der Waals surface area contributed by atoms with Gasteiger partial charge in [-0.3, -0.25) is 4.99 Å². The summed E-state index contributed by atoms with van der Waals surface area (Å²) in [5.74, 6) is 1.34. The highest BCUT2D eigenvalue weighted by Gasteiger charge is 2.28. The number of aliphatic imine (C=N–C) groups is 1. The van der Waals surface area contributed by atoms with Crippen molar-refractivity contribution < 1.29 is 8.42 Å². The topological polar surface area (TPSA) is 91.6 Å². The summed E-state index contributed by atoms with van der Waals surface area (Å²) in [6.45, 7) is 4.76. The highest BCUT2D eigenvalue weighted by Crippen LogP contribution is 2.27. The van der Waals surface area contributed by atoms with Crippen LogP contribution in [0.25, 0.3) is 0 Å². The molecule has 0 radical (unpaired) electrons. The maximum Gasteiger partial charge on any atom is 0.240 e. The van der Waals surface area contributed by atoms with Gasteiger partial charge < -0.3 is 14.8 Å². The number of piperidine rings is 1. The van der Waals surface area contributed by atoms with Crippen molar-refractivity contribution in [2.45, 2.75) is 24.3 Å². The second-order valence-corrected chi connectivity index (χ2v) is 8.74. The van der Waals surface area contributed by atoms with Crippen molar-refractivity contribution in [3.63, 3.8) is 0 Å². The first-order valence-electron chi connectivity index (χ1n) is 9.49. The van der Waals surface area contributed by atoms with Crippen LogP contribution in [0.5, 0.6) is 0 Å². The molecule has 10 heteroatoms. The van der Waals surface area contributed by atoms with E-state index in [1.54, 1.807) is 43.6 Å². The molecule has 1 aromatic heterocycles. The lowest BCUT2D eigenvalue weighted by Crippen LogP contribution is -2.50. The number of benzene rings is 1. The Hall–Kier alpha value is -1.66. The Morgan fingerprint density at radius 1 is 1.28 bits per heavy atom. The van der Waals surface area contributed by atoms with Crippen LogP contribution < -0.4 is 10.0 Å². The number of imidazole rings is 1. The lowest BCUT2D eigenvalue weighted by Gasteiger charge is -2.39. The molecule has 29 heavy (non-hydrogen) atoms. The summed E-state index contributed by atoms with van der Waals surface area (Å²) in [5.41, 5.74) is 0. The van der Waals surface area contributed by atoms with Gasteiger partial charge in [-0.25, -0.2) is 18.1 Å². The van der Waals surface area contributed by atoms with E-state index in [1.165, 1.54) is 0 Å². The zero-order valence-electron chi connectivity index (χ0n) is 16.7. The summed E-state index contributed by atoms with van der Waals surface area (Å²) in [6.07, 6.45) is 6.72. The average Bonchev–Trinajstić information content (AvgIpc) is 3.24. The van der Waals surface area contributed by atoms with Gasteiger partial charge >= 0.3 is 0 Å². The first-order valence-corrected chi connectivity index (χ1v) is 11.0. The molecular formula is C19H29IN6O2S. The highest BCUT2D eigenvalue weighted by atomic mass is 127. The van der Waals surface area contributed by atoms with Crippen LogP contribution in [0.1, 0.15) is 19.4 Å². The van der Waals surface area contributed by atoms with Crippen LogP contribution in [0.4, 0.5) is 0 Å². The van der Waals surface area contributed by atoms with Gasteiger partial charge in [0.1, 0.15) is 0 Å². The second kappa shape index (κ2) is 10.9. The molecule has 2 atom stereocenters. The molecule has 160 valence electrons. The Bertz CT molecular complexity index is 873. The number of rotatable bonds is 6. The molecule has 1 fully saturated rings. The number of guanidine groups is 1. The zero-order valence-corrected chi connectivity index (χ0v) is 19.9. The Balaban J connectivity index is 0.00000300. The van der Waals surface area contributed by atoms with Crippen molar-refractivity contribution in [3.05, 3.63) is 49.1 Å². The minimum Gasteiger partial charge on any atom is -0.355 e. The number of aromatic nitrogens is 2. The fraction of sp³-hybridized carbons (Fsp3) is 0.474. The SMILES string of the molecule is CN=C(NCCNS(=O)(=O)c1ccccc1)N1CCC(C)C(n2ccnc2)C1.I. The predicted molar refractivity (Wildman–Crippen MR) is 125 cm³/mol. The van der Waals surface area contributed by atoms with Gasteiger partial charge in [0.05, 0.1) is 17.3 Å². The standard InChI is InChI=1S/C19H28N6O2S.HI/c1-16-8-12-24(14-18(16)25-13-11-21-15-25)19(20-2)22-9-10-23-28(26,27)17-6-4-3-5-7-17;/h3-7,11,13,15-16,18,23H,8-10,12,14H2,1-2H3,(H,20,22);1H. The van der Waals surface area contributed by atoms with E-state index in [2.05, 4.69) is 36.4 Å². The smallest absolute Gasteiger partial charge is 0.240 e. The molecule has 0 spiro atoms. The van der Waals surface area contributed by atoms with Crippen molar-refractivity contribution in [2.75, 3.05) is 33.2 Å². The molecule has 2 aromatic rings. The molecule has 8 nitrogen and oxygen atoms in total. The Kier molecular flexibility index (Phi) is 8.90. The third kappa shape index (κ3) is 6.16. The van der Waals surface area contributed by atoms with Gasteiger partial charge in [0.25, 0.3) is 0 Å². The molecule has 3 rings (SSSR count).